The van der Waals surface area contributed by atoms with E-state index in [0.29, 0.717) is 6.61 Å². The average molecular weight is 400 g/mol. The number of likely N-dealkylation sites (tertiary alicyclic amines) is 1. The zero-order valence-corrected chi connectivity index (χ0v) is 17.4. The number of para-hydroxylation sites is 1. The number of rotatable bonds is 5. The van der Waals surface area contributed by atoms with E-state index in [0.717, 1.165) is 55.1 Å². The Morgan fingerprint density at radius 1 is 1.11 bits per heavy atom. The fraction of sp³-hybridized carbons (Fsp3) is 0.500. The Labute approximate surface area is 173 Å². The van der Waals surface area contributed by atoms with Crippen molar-refractivity contribution in [3.8, 4) is 5.75 Å². The minimum atomic E-state index is -0.570. The second kappa shape index (κ2) is 8.44. The highest BCUT2D eigenvalue weighted by Gasteiger charge is 2.49. The van der Waals surface area contributed by atoms with Crippen LogP contribution in [0.4, 0.5) is 0 Å². The highest BCUT2D eigenvalue weighted by Crippen LogP contribution is 2.51. The second-order valence-electron chi connectivity index (χ2n) is 8.18. The Morgan fingerprint density at radius 2 is 1.89 bits per heavy atom. The van der Waals surface area contributed by atoms with Crippen molar-refractivity contribution >= 4 is 11.6 Å². The van der Waals surface area contributed by atoms with Crippen molar-refractivity contribution in [2.45, 2.75) is 57.2 Å². The van der Waals surface area contributed by atoms with Crippen molar-refractivity contribution < 1.29 is 9.84 Å². The standard InChI is InChI=1S/C24H30ClNO2/c1-2-28-22-13-6-4-10-19(22)23-20-11-7-8-14-24(20,27)15-16-26(23)17-18-9-3-5-12-21(18)25/h3-6,9-10,12-13,20,23,27H,2,7-8,11,14-17H2,1H3/t20-,23-,24-/m0/s1. The van der Waals surface area contributed by atoms with Crippen LogP contribution in [-0.2, 0) is 6.54 Å². The smallest absolute Gasteiger partial charge is 0.124 e. The van der Waals surface area contributed by atoms with Crippen LogP contribution in [0.3, 0.4) is 0 Å². The van der Waals surface area contributed by atoms with Gasteiger partial charge < -0.3 is 9.84 Å². The van der Waals surface area contributed by atoms with Crippen LogP contribution in [0.2, 0.25) is 5.02 Å². The van der Waals surface area contributed by atoms with Gasteiger partial charge in [-0.25, -0.2) is 0 Å². The number of aliphatic hydroxyl groups is 1. The van der Waals surface area contributed by atoms with Crippen molar-refractivity contribution in [3.05, 3.63) is 64.7 Å². The molecule has 2 aliphatic rings. The number of halogens is 1. The summed E-state index contributed by atoms with van der Waals surface area (Å²) in [4.78, 5) is 2.50. The molecule has 0 amide bonds. The van der Waals surface area contributed by atoms with E-state index >= 15 is 0 Å². The molecule has 0 bridgehead atoms. The van der Waals surface area contributed by atoms with Gasteiger partial charge in [0, 0.05) is 35.6 Å². The average Bonchev–Trinajstić information content (AvgIpc) is 2.70. The van der Waals surface area contributed by atoms with Crippen LogP contribution in [-0.4, -0.2) is 28.8 Å². The lowest BCUT2D eigenvalue weighted by Crippen LogP contribution is -2.54. The van der Waals surface area contributed by atoms with E-state index in [1.807, 2.05) is 31.2 Å². The molecule has 0 radical (unpaired) electrons. The molecule has 0 unspecified atom stereocenters. The topological polar surface area (TPSA) is 32.7 Å². The lowest BCUT2D eigenvalue weighted by Gasteiger charge is -2.53. The molecular formula is C24H30ClNO2. The van der Waals surface area contributed by atoms with Gasteiger partial charge in [0.2, 0.25) is 0 Å². The molecule has 4 rings (SSSR count). The number of benzene rings is 2. The second-order valence-corrected chi connectivity index (χ2v) is 8.59. The number of hydrogen-bond donors (Lipinski definition) is 1. The van der Waals surface area contributed by atoms with E-state index in [1.54, 1.807) is 0 Å². The lowest BCUT2D eigenvalue weighted by atomic mass is 9.66. The first-order valence-electron chi connectivity index (χ1n) is 10.5. The van der Waals surface area contributed by atoms with Gasteiger partial charge in [-0.15, -0.1) is 0 Å². The quantitative estimate of drug-likeness (QED) is 0.709. The SMILES string of the molecule is CCOc1ccccc1[C@H]1[C@@H]2CCCC[C@]2(O)CCN1Cc1ccccc1Cl. The molecule has 0 spiro atoms. The molecule has 1 saturated heterocycles. The maximum absolute atomic E-state index is 11.5. The first kappa shape index (κ1) is 19.8. The predicted molar refractivity (Wildman–Crippen MR) is 114 cm³/mol. The molecule has 3 atom stereocenters. The van der Waals surface area contributed by atoms with Crippen LogP contribution >= 0.6 is 11.6 Å². The molecule has 28 heavy (non-hydrogen) atoms. The predicted octanol–water partition coefficient (Wildman–Crippen LogP) is 5.61. The zero-order chi connectivity index (χ0) is 19.6. The van der Waals surface area contributed by atoms with Gasteiger partial charge in [0.05, 0.1) is 12.2 Å². The summed E-state index contributed by atoms with van der Waals surface area (Å²) in [5.74, 6) is 1.16. The summed E-state index contributed by atoms with van der Waals surface area (Å²) < 4.78 is 5.99. The Kier molecular flexibility index (Phi) is 5.96. The summed E-state index contributed by atoms with van der Waals surface area (Å²) in [6.45, 7) is 4.32. The maximum Gasteiger partial charge on any atom is 0.124 e. The van der Waals surface area contributed by atoms with E-state index in [2.05, 4.69) is 29.2 Å². The largest absolute Gasteiger partial charge is 0.494 e. The molecule has 4 heteroatoms. The molecule has 1 heterocycles. The first-order valence-corrected chi connectivity index (χ1v) is 10.9. The molecule has 0 aromatic heterocycles. The summed E-state index contributed by atoms with van der Waals surface area (Å²) in [5, 5.41) is 12.3. The van der Waals surface area contributed by atoms with Crippen molar-refractivity contribution in [1.29, 1.82) is 0 Å². The Balaban J connectivity index is 1.74. The number of ether oxygens (including phenoxy) is 1. The minimum Gasteiger partial charge on any atom is -0.494 e. The normalized spacial score (nSPS) is 28.0. The van der Waals surface area contributed by atoms with Gasteiger partial charge in [0.1, 0.15) is 5.75 Å². The van der Waals surface area contributed by atoms with E-state index < -0.39 is 5.60 Å². The van der Waals surface area contributed by atoms with Crippen LogP contribution in [0.5, 0.6) is 5.75 Å². The van der Waals surface area contributed by atoms with Crippen LogP contribution < -0.4 is 4.74 Å². The summed E-state index contributed by atoms with van der Waals surface area (Å²) in [6.07, 6.45) is 5.10. The molecule has 1 saturated carbocycles. The lowest BCUT2D eigenvalue weighted by molar-refractivity contribution is -0.126. The third kappa shape index (κ3) is 3.80. The van der Waals surface area contributed by atoms with Gasteiger partial charge in [-0.2, -0.15) is 0 Å². The third-order valence-corrected chi connectivity index (χ3v) is 6.91. The molecule has 2 fully saturated rings. The number of hydrogen-bond acceptors (Lipinski definition) is 3. The Morgan fingerprint density at radius 3 is 2.71 bits per heavy atom. The molecular weight excluding hydrogens is 370 g/mol. The molecule has 1 N–H and O–H groups in total. The summed E-state index contributed by atoms with van der Waals surface area (Å²) in [7, 11) is 0. The van der Waals surface area contributed by atoms with E-state index in [9.17, 15) is 5.11 Å². The Hall–Kier alpha value is -1.55. The molecule has 2 aromatic carbocycles. The van der Waals surface area contributed by atoms with Gasteiger partial charge >= 0.3 is 0 Å². The highest BCUT2D eigenvalue weighted by molar-refractivity contribution is 6.31. The van der Waals surface area contributed by atoms with Gasteiger partial charge in [-0.05, 0) is 43.9 Å². The van der Waals surface area contributed by atoms with E-state index in [1.165, 1.54) is 12.0 Å². The van der Waals surface area contributed by atoms with Crippen molar-refractivity contribution in [1.82, 2.24) is 4.90 Å². The molecule has 1 aliphatic carbocycles. The molecule has 2 aromatic rings. The van der Waals surface area contributed by atoms with Crippen LogP contribution in [0.1, 0.15) is 56.2 Å². The molecule has 150 valence electrons. The highest BCUT2D eigenvalue weighted by atomic mass is 35.5. The summed E-state index contributed by atoms with van der Waals surface area (Å²) in [5.41, 5.74) is 1.77. The first-order chi connectivity index (χ1) is 13.6. The van der Waals surface area contributed by atoms with Gasteiger partial charge in [-0.3, -0.25) is 4.90 Å². The van der Waals surface area contributed by atoms with Gasteiger partial charge in [-0.1, -0.05) is 60.8 Å². The van der Waals surface area contributed by atoms with Gasteiger partial charge in [0.25, 0.3) is 0 Å². The van der Waals surface area contributed by atoms with E-state index in [-0.39, 0.29) is 12.0 Å². The van der Waals surface area contributed by atoms with Crippen LogP contribution in [0, 0.1) is 5.92 Å². The maximum atomic E-state index is 11.5. The third-order valence-electron chi connectivity index (χ3n) is 6.54. The molecule has 3 nitrogen and oxygen atoms in total. The van der Waals surface area contributed by atoms with Crippen LogP contribution in [0.25, 0.3) is 0 Å². The number of fused-ring (bicyclic) bond motifs is 1. The monoisotopic (exact) mass is 399 g/mol. The number of piperidine rings is 1. The number of nitrogens with zero attached hydrogens (tertiary/aromatic N) is 1. The zero-order valence-electron chi connectivity index (χ0n) is 16.6. The fourth-order valence-corrected chi connectivity index (χ4v) is 5.39. The van der Waals surface area contributed by atoms with E-state index in [4.69, 9.17) is 16.3 Å². The van der Waals surface area contributed by atoms with Crippen molar-refractivity contribution in [2.75, 3.05) is 13.2 Å². The van der Waals surface area contributed by atoms with Crippen molar-refractivity contribution in [2.24, 2.45) is 5.92 Å². The summed E-state index contributed by atoms with van der Waals surface area (Å²) in [6, 6.07) is 16.6. The minimum absolute atomic E-state index is 0.137. The fourth-order valence-electron chi connectivity index (χ4n) is 5.19. The van der Waals surface area contributed by atoms with Crippen molar-refractivity contribution in [3.63, 3.8) is 0 Å². The van der Waals surface area contributed by atoms with Crippen LogP contribution in [0.15, 0.2) is 48.5 Å². The Bertz CT molecular complexity index is 811. The summed E-state index contributed by atoms with van der Waals surface area (Å²) >= 11 is 6.48. The van der Waals surface area contributed by atoms with Gasteiger partial charge in [0.15, 0.2) is 0 Å². The molecule has 1 aliphatic heterocycles.